The minimum atomic E-state index is 0.516. The van der Waals surface area contributed by atoms with E-state index in [-0.39, 0.29) is 0 Å². The predicted molar refractivity (Wildman–Crippen MR) is 72.2 cm³/mol. The van der Waals surface area contributed by atoms with Crippen LogP contribution < -0.4 is 0 Å². The summed E-state index contributed by atoms with van der Waals surface area (Å²) in [5.41, 5.74) is 1.30. The van der Waals surface area contributed by atoms with E-state index in [4.69, 9.17) is 5.41 Å². The standard InChI is InChI=1S/C15H22N2/c1-3-15(16)17(12(2)14-9-10-14)11-13-7-5-4-6-8-13/h4-8,12,14,16H,3,9-11H2,1-2H3. The van der Waals surface area contributed by atoms with Crippen LogP contribution in [0.3, 0.4) is 0 Å². The van der Waals surface area contributed by atoms with Crippen molar-refractivity contribution >= 4 is 5.84 Å². The van der Waals surface area contributed by atoms with Gasteiger partial charge in [-0.2, -0.15) is 0 Å². The number of nitrogens with zero attached hydrogens (tertiary/aromatic N) is 1. The minimum absolute atomic E-state index is 0.516. The zero-order valence-corrected chi connectivity index (χ0v) is 10.8. The van der Waals surface area contributed by atoms with E-state index in [0.29, 0.717) is 6.04 Å². The molecule has 92 valence electrons. The Morgan fingerprint density at radius 2 is 2.00 bits per heavy atom. The molecule has 0 aliphatic heterocycles. The zero-order chi connectivity index (χ0) is 12.3. The summed E-state index contributed by atoms with van der Waals surface area (Å²) in [5, 5.41) is 8.12. The van der Waals surface area contributed by atoms with E-state index in [1.54, 1.807) is 0 Å². The van der Waals surface area contributed by atoms with Crippen LogP contribution in [-0.4, -0.2) is 16.8 Å². The summed E-state index contributed by atoms with van der Waals surface area (Å²) >= 11 is 0. The average molecular weight is 230 g/mol. The Kier molecular flexibility index (Phi) is 3.82. The van der Waals surface area contributed by atoms with E-state index < -0.39 is 0 Å². The molecule has 1 unspecified atom stereocenters. The first-order valence-electron chi connectivity index (χ1n) is 6.60. The molecule has 1 aliphatic rings. The van der Waals surface area contributed by atoms with Crippen molar-refractivity contribution in [2.24, 2.45) is 5.92 Å². The lowest BCUT2D eigenvalue weighted by molar-refractivity contribution is 0.287. The third-order valence-electron chi connectivity index (χ3n) is 3.67. The molecule has 1 aromatic rings. The molecule has 1 aliphatic carbocycles. The Morgan fingerprint density at radius 3 is 2.53 bits per heavy atom. The van der Waals surface area contributed by atoms with Crippen molar-refractivity contribution in [1.82, 2.24) is 4.90 Å². The summed E-state index contributed by atoms with van der Waals surface area (Å²) in [4.78, 5) is 2.27. The number of nitrogens with one attached hydrogen (secondary N) is 1. The van der Waals surface area contributed by atoms with Gasteiger partial charge in [-0.1, -0.05) is 37.3 Å². The lowest BCUT2D eigenvalue weighted by Crippen LogP contribution is -2.38. The molecular weight excluding hydrogens is 208 g/mol. The van der Waals surface area contributed by atoms with Crippen molar-refractivity contribution < 1.29 is 0 Å². The highest BCUT2D eigenvalue weighted by Crippen LogP contribution is 2.35. The number of hydrogen-bond acceptors (Lipinski definition) is 1. The van der Waals surface area contributed by atoms with E-state index in [1.165, 1.54) is 18.4 Å². The molecule has 1 saturated carbocycles. The van der Waals surface area contributed by atoms with Crippen molar-refractivity contribution in [2.45, 2.75) is 45.7 Å². The molecule has 1 atom stereocenters. The lowest BCUT2D eigenvalue weighted by Gasteiger charge is -2.31. The van der Waals surface area contributed by atoms with Crippen LogP contribution in [0.5, 0.6) is 0 Å². The molecule has 0 heterocycles. The van der Waals surface area contributed by atoms with E-state index in [9.17, 15) is 0 Å². The number of hydrogen-bond donors (Lipinski definition) is 1. The van der Waals surface area contributed by atoms with Crippen molar-refractivity contribution in [3.8, 4) is 0 Å². The number of benzene rings is 1. The van der Waals surface area contributed by atoms with Gasteiger partial charge in [-0.05, 0) is 31.2 Å². The number of rotatable bonds is 5. The van der Waals surface area contributed by atoms with Crippen LogP contribution in [0, 0.1) is 11.3 Å². The largest absolute Gasteiger partial charge is 0.353 e. The van der Waals surface area contributed by atoms with Gasteiger partial charge in [0.15, 0.2) is 0 Å². The van der Waals surface area contributed by atoms with Gasteiger partial charge in [-0.15, -0.1) is 0 Å². The van der Waals surface area contributed by atoms with Gasteiger partial charge >= 0.3 is 0 Å². The molecular formula is C15H22N2. The normalized spacial score (nSPS) is 16.6. The van der Waals surface area contributed by atoms with Crippen molar-refractivity contribution in [1.29, 1.82) is 5.41 Å². The molecule has 0 spiro atoms. The van der Waals surface area contributed by atoms with Crippen molar-refractivity contribution in [3.63, 3.8) is 0 Å². The molecule has 0 amide bonds. The molecule has 0 saturated heterocycles. The van der Waals surface area contributed by atoms with Gasteiger partial charge in [-0.25, -0.2) is 0 Å². The van der Waals surface area contributed by atoms with Gasteiger partial charge in [0.2, 0.25) is 0 Å². The van der Waals surface area contributed by atoms with Crippen molar-refractivity contribution in [3.05, 3.63) is 35.9 Å². The number of amidine groups is 1. The van der Waals surface area contributed by atoms with Crippen molar-refractivity contribution in [2.75, 3.05) is 0 Å². The first-order valence-corrected chi connectivity index (χ1v) is 6.60. The fourth-order valence-corrected chi connectivity index (χ4v) is 2.30. The molecule has 2 heteroatoms. The Labute approximate surface area is 104 Å². The second-order valence-electron chi connectivity index (χ2n) is 4.99. The predicted octanol–water partition coefficient (Wildman–Crippen LogP) is 3.67. The summed E-state index contributed by atoms with van der Waals surface area (Å²) in [6, 6.07) is 11.0. The van der Waals surface area contributed by atoms with Gasteiger partial charge in [0, 0.05) is 19.0 Å². The second-order valence-corrected chi connectivity index (χ2v) is 4.99. The molecule has 0 radical (unpaired) electrons. The van der Waals surface area contributed by atoms with Crippen LogP contribution >= 0.6 is 0 Å². The summed E-state index contributed by atoms with van der Waals surface area (Å²) in [5.74, 6) is 1.58. The highest BCUT2D eigenvalue weighted by molar-refractivity contribution is 5.79. The quantitative estimate of drug-likeness (QED) is 0.606. The van der Waals surface area contributed by atoms with Gasteiger partial charge in [0.25, 0.3) is 0 Å². The molecule has 0 aromatic heterocycles. The molecule has 1 aromatic carbocycles. The smallest absolute Gasteiger partial charge is 0.0960 e. The fraction of sp³-hybridized carbons (Fsp3) is 0.533. The lowest BCUT2D eigenvalue weighted by atomic mass is 10.1. The summed E-state index contributed by atoms with van der Waals surface area (Å²) in [6.45, 7) is 5.22. The average Bonchev–Trinajstić information content (AvgIpc) is 3.20. The first kappa shape index (κ1) is 12.2. The van der Waals surface area contributed by atoms with Crippen LogP contribution in [0.1, 0.15) is 38.7 Å². The highest BCUT2D eigenvalue weighted by Gasteiger charge is 2.32. The third-order valence-corrected chi connectivity index (χ3v) is 3.67. The molecule has 1 fully saturated rings. The zero-order valence-electron chi connectivity index (χ0n) is 10.8. The van der Waals surface area contributed by atoms with Crippen LogP contribution in [0.15, 0.2) is 30.3 Å². The summed E-state index contributed by atoms with van der Waals surface area (Å²) in [7, 11) is 0. The maximum Gasteiger partial charge on any atom is 0.0960 e. The van der Waals surface area contributed by atoms with Gasteiger partial charge in [0.05, 0.1) is 5.84 Å². The molecule has 2 nitrogen and oxygen atoms in total. The minimum Gasteiger partial charge on any atom is -0.353 e. The Balaban J connectivity index is 2.07. The monoisotopic (exact) mass is 230 g/mol. The maximum absolute atomic E-state index is 8.12. The van der Waals surface area contributed by atoms with Crippen LogP contribution in [0.4, 0.5) is 0 Å². The third kappa shape index (κ3) is 3.09. The molecule has 2 rings (SSSR count). The Hall–Kier alpha value is -1.31. The first-order chi connectivity index (χ1) is 8.22. The van der Waals surface area contributed by atoms with Crippen LogP contribution in [0.25, 0.3) is 0 Å². The van der Waals surface area contributed by atoms with E-state index >= 15 is 0 Å². The summed E-state index contributed by atoms with van der Waals surface area (Å²) < 4.78 is 0. The van der Waals surface area contributed by atoms with Crippen LogP contribution in [-0.2, 0) is 6.54 Å². The van der Waals surface area contributed by atoms with E-state index in [1.807, 2.05) is 6.07 Å². The second kappa shape index (κ2) is 5.35. The Bertz CT molecular complexity index is 368. The maximum atomic E-state index is 8.12. The molecule has 17 heavy (non-hydrogen) atoms. The summed E-state index contributed by atoms with van der Waals surface area (Å²) in [6.07, 6.45) is 3.50. The van der Waals surface area contributed by atoms with E-state index in [2.05, 4.69) is 43.0 Å². The van der Waals surface area contributed by atoms with Gasteiger partial charge in [0.1, 0.15) is 0 Å². The Morgan fingerprint density at radius 1 is 1.35 bits per heavy atom. The van der Waals surface area contributed by atoms with Gasteiger partial charge < -0.3 is 4.90 Å². The fourth-order valence-electron chi connectivity index (χ4n) is 2.30. The highest BCUT2D eigenvalue weighted by atomic mass is 15.2. The van der Waals surface area contributed by atoms with Crippen LogP contribution in [0.2, 0.25) is 0 Å². The molecule has 1 N–H and O–H groups in total. The van der Waals surface area contributed by atoms with E-state index in [0.717, 1.165) is 24.7 Å². The van der Waals surface area contributed by atoms with Gasteiger partial charge in [-0.3, -0.25) is 5.41 Å². The SMILES string of the molecule is CCC(=N)N(Cc1ccccc1)C(C)C1CC1. The molecule has 0 bridgehead atoms. The topological polar surface area (TPSA) is 27.1 Å².